The van der Waals surface area contributed by atoms with Gasteiger partial charge in [0.05, 0.1) is 16.1 Å². The van der Waals surface area contributed by atoms with Crippen LogP contribution in [0, 0.1) is 5.82 Å². The van der Waals surface area contributed by atoms with Crippen molar-refractivity contribution in [1.29, 1.82) is 0 Å². The Hall–Kier alpha value is -2.25. The summed E-state index contributed by atoms with van der Waals surface area (Å²) in [7, 11) is 0. The van der Waals surface area contributed by atoms with Gasteiger partial charge >= 0.3 is 0 Å². The molecule has 0 aliphatic heterocycles. The smallest absolute Gasteiger partial charge is 0.257 e. The van der Waals surface area contributed by atoms with E-state index in [0.29, 0.717) is 18.4 Å². The zero-order chi connectivity index (χ0) is 17.4. The number of carbonyl (C=O) groups excluding carboxylic acids is 3. The molecule has 2 aromatic rings. The van der Waals surface area contributed by atoms with Crippen molar-refractivity contribution in [3.63, 3.8) is 0 Å². The van der Waals surface area contributed by atoms with E-state index in [4.69, 9.17) is 17.3 Å². The van der Waals surface area contributed by atoms with E-state index in [0.717, 1.165) is 28.3 Å². The third kappa shape index (κ3) is 3.05. The number of hydrogen-bond acceptors (Lipinski definition) is 4. The number of thiophene rings is 1. The summed E-state index contributed by atoms with van der Waals surface area (Å²) in [6.45, 7) is 0. The molecule has 0 fully saturated rings. The Kier molecular flexibility index (Phi) is 4.38. The molecule has 1 aliphatic carbocycles. The lowest BCUT2D eigenvalue weighted by Gasteiger charge is -2.10. The molecule has 124 valence electrons. The number of nitrogens with two attached hydrogens (primary N) is 1. The molecule has 0 bridgehead atoms. The highest BCUT2D eigenvalue weighted by Gasteiger charge is 2.28. The number of halogens is 2. The molecule has 1 aromatic heterocycles. The highest BCUT2D eigenvalue weighted by Crippen LogP contribution is 2.37. The Morgan fingerprint density at radius 3 is 2.71 bits per heavy atom. The molecule has 0 unspecified atom stereocenters. The van der Waals surface area contributed by atoms with Crippen LogP contribution in [-0.4, -0.2) is 17.6 Å². The predicted octanol–water partition coefficient (Wildman–Crippen LogP) is 2.95. The minimum absolute atomic E-state index is 0.0374. The number of fused-ring (bicyclic) bond motifs is 1. The fourth-order valence-corrected chi connectivity index (χ4v) is 4.17. The summed E-state index contributed by atoms with van der Waals surface area (Å²) in [5.41, 5.74) is 6.46. The van der Waals surface area contributed by atoms with Crippen LogP contribution in [0.25, 0.3) is 0 Å². The van der Waals surface area contributed by atoms with Crippen molar-refractivity contribution in [2.45, 2.75) is 19.3 Å². The maximum atomic E-state index is 13.1. The van der Waals surface area contributed by atoms with E-state index in [2.05, 4.69) is 5.32 Å². The summed E-state index contributed by atoms with van der Waals surface area (Å²) in [4.78, 5) is 36.5. The number of benzene rings is 1. The van der Waals surface area contributed by atoms with Crippen molar-refractivity contribution in [2.24, 2.45) is 5.73 Å². The van der Waals surface area contributed by atoms with Crippen LogP contribution in [0.3, 0.4) is 0 Å². The lowest BCUT2D eigenvalue weighted by molar-refractivity contribution is -0.118. The molecule has 24 heavy (non-hydrogen) atoms. The predicted molar refractivity (Wildman–Crippen MR) is 89.2 cm³/mol. The number of carbonyl (C=O) groups is 3. The number of nitrogens with one attached hydrogen (secondary N) is 1. The summed E-state index contributed by atoms with van der Waals surface area (Å²) in [5, 5.41) is 2.85. The molecule has 1 aromatic carbocycles. The van der Waals surface area contributed by atoms with Gasteiger partial charge in [-0.05, 0) is 30.2 Å². The van der Waals surface area contributed by atoms with Crippen molar-refractivity contribution in [1.82, 2.24) is 0 Å². The molecule has 0 atom stereocenters. The third-order valence-electron chi connectivity index (χ3n) is 3.75. The number of rotatable bonds is 3. The Labute approximate surface area is 145 Å². The molecule has 0 spiro atoms. The van der Waals surface area contributed by atoms with Crippen molar-refractivity contribution < 1.29 is 18.8 Å². The topological polar surface area (TPSA) is 89.3 Å². The van der Waals surface area contributed by atoms with E-state index in [1.165, 1.54) is 6.07 Å². The first-order valence-corrected chi connectivity index (χ1v) is 8.28. The van der Waals surface area contributed by atoms with Gasteiger partial charge in [-0.3, -0.25) is 14.4 Å². The molecule has 0 saturated carbocycles. The van der Waals surface area contributed by atoms with E-state index in [1.54, 1.807) is 0 Å². The van der Waals surface area contributed by atoms with Gasteiger partial charge in [0.15, 0.2) is 0 Å². The average molecular weight is 367 g/mol. The molecule has 3 rings (SSSR count). The maximum Gasteiger partial charge on any atom is 0.257 e. The summed E-state index contributed by atoms with van der Waals surface area (Å²) < 4.78 is 13.1. The molecule has 1 heterocycles. The van der Waals surface area contributed by atoms with Crippen LogP contribution in [0.1, 0.15) is 37.6 Å². The van der Waals surface area contributed by atoms with Crippen molar-refractivity contribution in [2.75, 3.05) is 5.32 Å². The summed E-state index contributed by atoms with van der Waals surface area (Å²) in [6.07, 6.45) is 1.00. The summed E-state index contributed by atoms with van der Waals surface area (Å²) in [6, 6.07) is 3.41. The van der Waals surface area contributed by atoms with Crippen molar-refractivity contribution in [3.05, 3.63) is 50.6 Å². The largest absolute Gasteiger partial charge is 0.365 e. The molecule has 8 heteroatoms. The van der Waals surface area contributed by atoms with E-state index in [-0.39, 0.29) is 33.4 Å². The maximum absolute atomic E-state index is 13.1. The van der Waals surface area contributed by atoms with Gasteiger partial charge in [-0.1, -0.05) is 11.6 Å². The fraction of sp³-hybridized carbons (Fsp3) is 0.188. The van der Waals surface area contributed by atoms with Crippen LogP contribution in [0.5, 0.6) is 0 Å². The minimum atomic E-state index is -0.664. The van der Waals surface area contributed by atoms with Crippen LogP contribution in [0.4, 0.5) is 9.39 Å². The highest BCUT2D eigenvalue weighted by atomic mass is 35.5. The molecule has 0 saturated heterocycles. The summed E-state index contributed by atoms with van der Waals surface area (Å²) in [5.74, 6) is -1.71. The molecule has 0 radical (unpaired) electrons. The monoisotopic (exact) mass is 366 g/mol. The molecular weight excluding hydrogens is 355 g/mol. The normalized spacial score (nSPS) is 13.5. The quantitative estimate of drug-likeness (QED) is 0.875. The fourth-order valence-electron chi connectivity index (χ4n) is 2.64. The van der Waals surface area contributed by atoms with Gasteiger partial charge in [0.1, 0.15) is 16.6 Å². The molecule has 3 N–H and O–H groups in total. The Balaban J connectivity index is 1.96. The van der Waals surface area contributed by atoms with Gasteiger partial charge < -0.3 is 11.1 Å². The lowest BCUT2D eigenvalue weighted by atomic mass is 9.94. The SMILES string of the molecule is NC(=O)c1c(NC(=O)c2ccc(F)cc2Cl)sc2c1CCC(=O)C2. The number of hydrogen-bond donors (Lipinski definition) is 2. The van der Waals surface area contributed by atoms with E-state index >= 15 is 0 Å². The van der Waals surface area contributed by atoms with Crippen LogP contribution in [0.15, 0.2) is 18.2 Å². The van der Waals surface area contributed by atoms with E-state index in [1.807, 2.05) is 0 Å². The van der Waals surface area contributed by atoms with Crippen LogP contribution < -0.4 is 11.1 Å². The van der Waals surface area contributed by atoms with Crippen molar-refractivity contribution in [3.8, 4) is 0 Å². The Morgan fingerprint density at radius 2 is 2.04 bits per heavy atom. The Morgan fingerprint density at radius 1 is 1.29 bits per heavy atom. The van der Waals surface area contributed by atoms with Crippen LogP contribution >= 0.6 is 22.9 Å². The highest BCUT2D eigenvalue weighted by molar-refractivity contribution is 7.17. The van der Waals surface area contributed by atoms with Gasteiger partial charge in [-0.2, -0.15) is 0 Å². The van der Waals surface area contributed by atoms with Gasteiger partial charge in [-0.25, -0.2) is 4.39 Å². The molecule has 2 amide bonds. The third-order valence-corrected chi connectivity index (χ3v) is 5.21. The lowest BCUT2D eigenvalue weighted by Crippen LogP contribution is -2.20. The molecular formula is C16H12ClFN2O3S. The second kappa shape index (κ2) is 6.33. The number of amides is 2. The first-order valence-electron chi connectivity index (χ1n) is 7.09. The minimum Gasteiger partial charge on any atom is -0.365 e. The first kappa shape index (κ1) is 16.6. The molecule has 1 aliphatic rings. The van der Waals surface area contributed by atoms with E-state index < -0.39 is 17.6 Å². The standard InChI is InChI=1S/C16H12ClFN2O3S/c17-11-5-7(18)1-3-9(11)15(23)20-16-13(14(19)22)10-4-2-8(21)6-12(10)24-16/h1,3,5H,2,4,6H2,(H2,19,22)(H,20,23). The average Bonchev–Trinajstić information content (AvgIpc) is 2.83. The second-order valence-corrected chi connectivity index (χ2v) is 6.88. The second-order valence-electron chi connectivity index (χ2n) is 5.37. The summed E-state index contributed by atoms with van der Waals surface area (Å²) >= 11 is 7.03. The zero-order valence-electron chi connectivity index (χ0n) is 12.3. The van der Waals surface area contributed by atoms with Gasteiger partial charge in [0, 0.05) is 17.7 Å². The zero-order valence-corrected chi connectivity index (χ0v) is 13.9. The Bertz CT molecular complexity index is 878. The van der Waals surface area contributed by atoms with E-state index in [9.17, 15) is 18.8 Å². The number of ketones is 1. The van der Waals surface area contributed by atoms with Gasteiger partial charge in [-0.15, -0.1) is 11.3 Å². The van der Waals surface area contributed by atoms with Crippen molar-refractivity contribution >= 4 is 45.5 Å². The number of Topliss-reactive ketones (excluding diaryl/α,β-unsaturated/α-hetero) is 1. The number of anilines is 1. The van der Waals surface area contributed by atoms with Crippen LogP contribution in [-0.2, 0) is 17.6 Å². The van der Waals surface area contributed by atoms with Gasteiger partial charge in [0.2, 0.25) is 0 Å². The first-order chi connectivity index (χ1) is 11.4. The van der Waals surface area contributed by atoms with Crippen LogP contribution in [0.2, 0.25) is 5.02 Å². The van der Waals surface area contributed by atoms with Gasteiger partial charge in [0.25, 0.3) is 11.8 Å². The molecule has 5 nitrogen and oxygen atoms in total. The number of primary amides is 1.